The number of fused-ring (bicyclic) bond motifs is 1. The molecule has 0 radical (unpaired) electrons. The Morgan fingerprint density at radius 1 is 1.40 bits per heavy atom. The van der Waals surface area contributed by atoms with Crippen LogP contribution in [0.1, 0.15) is 51.0 Å². The van der Waals surface area contributed by atoms with Gasteiger partial charge in [0.1, 0.15) is 0 Å². The van der Waals surface area contributed by atoms with Crippen molar-refractivity contribution in [2.24, 2.45) is 5.92 Å². The molecule has 1 aliphatic rings. The van der Waals surface area contributed by atoms with E-state index in [2.05, 4.69) is 19.2 Å². The highest BCUT2D eigenvalue weighted by molar-refractivity contribution is 6.03. The molecule has 5 nitrogen and oxygen atoms in total. The van der Waals surface area contributed by atoms with Crippen LogP contribution in [0.4, 0.5) is 11.4 Å². The minimum atomic E-state index is -0.410. The molecule has 1 heterocycles. The molecule has 2 unspecified atom stereocenters. The average molecular weight is 276 g/mol. The van der Waals surface area contributed by atoms with Gasteiger partial charge in [0, 0.05) is 17.8 Å². The standard InChI is InChI=1S/C15H20N2O3/c1-3-5-6-10(4-2)14-12-9-11(17(19)20)7-8-13(12)16-15(14)18/h7-10,14H,3-6H2,1-2H3,(H,16,18). The first-order chi connectivity index (χ1) is 9.58. The van der Waals surface area contributed by atoms with E-state index in [0.717, 1.165) is 36.9 Å². The number of nitrogens with zero attached hydrogens (tertiary/aromatic N) is 1. The highest BCUT2D eigenvalue weighted by Crippen LogP contribution is 2.42. The molecule has 1 aliphatic heterocycles. The molecule has 2 rings (SSSR count). The number of non-ortho nitro benzene ring substituents is 1. The molecule has 1 N–H and O–H groups in total. The quantitative estimate of drug-likeness (QED) is 0.633. The molecule has 1 amide bonds. The Labute approximate surface area is 118 Å². The maximum atomic E-state index is 12.2. The van der Waals surface area contributed by atoms with Gasteiger partial charge in [0.05, 0.1) is 10.8 Å². The van der Waals surface area contributed by atoms with Gasteiger partial charge in [-0.25, -0.2) is 0 Å². The fourth-order valence-electron chi connectivity index (χ4n) is 2.93. The third-order valence-electron chi connectivity index (χ3n) is 4.05. The van der Waals surface area contributed by atoms with Gasteiger partial charge < -0.3 is 5.32 Å². The molecule has 0 saturated heterocycles. The molecule has 0 spiro atoms. The number of nitro benzene ring substituents is 1. The molecule has 20 heavy (non-hydrogen) atoms. The van der Waals surface area contributed by atoms with E-state index in [4.69, 9.17) is 0 Å². The van der Waals surface area contributed by atoms with Gasteiger partial charge in [-0.3, -0.25) is 14.9 Å². The van der Waals surface area contributed by atoms with Crippen molar-refractivity contribution < 1.29 is 9.72 Å². The van der Waals surface area contributed by atoms with Gasteiger partial charge >= 0.3 is 0 Å². The van der Waals surface area contributed by atoms with Crippen molar-refractivity contribution in [1.82, 2.24) is 0 Å². The van der Waals surface area contributed by atoms with E-state index in [0.29, 0.717) is 0 Å². The SMILES string of the molecule is CCCCC(CC)C1C(=O)Nc2ccc([N+](=O)[O-])cc21. The lowest BCUT2D eigenvalue weighted by Gasteiger charge is -2.20. The summed E-state index contributed by atoms with van der Waals surface area (Å²) in [5.74, 6) is -0.0249. The Bertz CT molecular complexity index is 528. The van der Waals surface area contributed by atoms with Crippen LogP contribution in [-0.2, 0) is 4.79 Å². The Hall–Kier alpha value is -1.91. The van der Waals surface area contributed by atoms with E-state index in [1.807, 2.05) is 0 Å². The summed E-state index contributed by atoms with van der Waals surface area (Å²) >= 11 is 0. The Kier molecular flexibility index (Phi) is 4.37. The second-order valence-corrected chi connectivity index (χ2v) is 5.31. The first-order valence-electron chi connectivity index (χ1n) is 7.17. The van der Waals surface area contributed by atoms with Crippen LogP contribution in [0.3, 0.4) is 0 Å². The van der Waals surface area contributed by atoms with Gasteiger partial charge in [-0.2, -0.15) is 0 Å². The summed E-state index contributed by atoms with van der Waals surface area (Å²) in [6, 6.07) is 4.62. The smallest absolute Gasteiger partial charge is 0.269 e. The van der Waals surface area contributed by atoms with Crippen molar-refractivity contribution in [3.8, 4) is 0 Å². The number of carbonyl (C=O) groups excluding carboxylic acids is 1. The number of hydrogen-bond acceptors (Lipinski definition) is 3. The molecule has 0 aliphatic carbocycles. The summed E-state index contributed by atoms with van der Waals surface area (Å²) in [6.07, 6.45) is 4.05. The number of unbranched alkanes of at least 4 members (excludes halogenated alkanes) is 1. The molecule has 108 valence electrons. The van der Waals surface area contributed by atoms with Crippen molar-refractivity contribution in [2.75, 3.05) is 5.32 Å². The monoisotopic (exact) mass is 276 g/mol. The second-order valence-electron chi connectivity index (χ2n) is 5.31. The molecule has 2 atom stereocenters. The zero-order chi connectivity index (χ0) is 14.7. The molecular formula is C15H20N2O3. The third-order valence-corrected chi connectivity index (χ3v) is 4.05. The summed E-state index contributed by atoms with van der Waals surface area (Å²) in [5.41, 5.74) is 1.56. The summed E-state index contributed by atoms with van der Waals surface area (Å²) < 4.78 is 0. The van der Waals surface area contributed by atoms with Gasteiger partial charge in [0.15, 0.2) is 0 Å². The van der Waals surface area contributed by atoms with Crippen LogP contribution in [0, 0.1) is 16.0 Å². The zero-order valence-electron chi connectivity index (χ0n) is 11.9. The van der Waals surface area contributed by atoms with E-state index in [1.165, 1.54) is 6.07 Å². The van der Waals surface area contributed by atoms with Crippen LogP contribution >= 0.6 is 0 Å². The van der Waals surface area contributed by atoms with Crippen LogP contribution in [0.5, 0.6) is 0 Å². The fraction of sp³-hybridized carbons (Fsp3) is 0.533. The van der Waals surface area contributed by atoms with Crippen LogP contribution in [-0.4, -0.2) is 10.8 Å². The summed E-state index contributed by atoms with van der Waals surface area (Å²) in [6.45, 7) is 4.20. The normalized spacial score (nSPS) is 18.5. The molecule has 0 fully saturated rings. The molecule has 0 aromatic heterocycles. The summed E-state index contributed by atoms with van der Waals surface area (Å²) in [4.78, 5) is 22.7. The molecule has 0 bridgehead atoms. The maximum absolute atomic E-state index is 12.2. The molecule has 0 saturated carbocycles. The summed E-state index contributed by atoms with van der Waals surface area (Å²) in [7, 11) is 0. The second kappa shape index (κ2) is 6.03. The highest BCUT2D eigenvalue weighted by atomic mass is 16.6. The van der Waals surface area contributed by atoms with Crippen LogP contribution in [0.15, 0.2) is 18.2 Å². The number of anilines is 1. The van der Waals surface area contributed by atoms with Gasteiger partial charge in [0.25, 0.3) is 5.69 Å². The number of amides is 1. The third kappa shape index (κ3) is 2.66. The van der Waals surface area contributed by atoms with Crippen molar-refractivity contribution in [3.05, 3.63) is 33.9 Å². The topological polar surface area (TPSA) is 72.2 Å². The van der Waals surface area contributed by atoms with Gasteiger partial charge in [-0.15, -0.1) is 0 Å². The number of hydrogen-bond donors (Lipinski definition) is 1. The van der Waals surface area contributed by atoms with Crippen LogP contribution in [0.2, 0.25) is 0 Å². The predicted octanol–water partition coefficient (Wildman–Crippen LogP) is 3.85. The minimum absolute atomic E-state index is 0.0246. The first-order valence-corrected chi connectivity index (χ1v) is 7.17. The van der Waals surface area contributed by atoms with Crippen LogP contribution < -0.4 is 5.32 Å². The lowest BCUT2D eigenvalue weighted by atomic mass is 9.82. The van der Waals surface area contributed by atoms with Gasteiger partial charge in [-0.1, -0.05) is 33.1 Å². The Morgan fingerprint density at radius 2 is 2.15 bits per heavy atom. The minimum Gasteiger partial charge on any atom is -0.325 e. The van der Waals surface area contributed by atoms with Crippen LogP contribution in [0.25, 0.3) is 0 Å². The average Bonchev–Trinajstić information content (AvgIpc) is 2.75. The Morgan fingerprint density at radius 3 is 2.75 bits per heavy atom. The predicted molar refractivity (Wildman–Crippen MR) is 77.8 cm³/mol. The number of benzene rings is 1. The van der Waals surface area contributed by atoms with E-state index >= 15 is 0 Å². The van der Waals surface area contributed by atoms with Crippen molar-refractivity contribution in [2.45, 2.75) is 45.4 Å². The van der Waals surface area contributed by atoms with E-state index < -0.39 is 4.92 Å². The molecule has 1 aromatic carbocycles. The Balaban J connectivity index is 2.34. The number of carbonyl (C=O) groups is 1. The lowest BCUT2D eigenvalue weighted by Crippen LogP contribution is -2.20. The van der Waals surface area contributed by atoms with Gasteiger partial charge in [-0.05, 0) is 24.0 Å². The van der Waals surface area contributed by atoms with E-state index in [1.54, 1.807) is 12.1 Å². The fourth-order valence-corrected chi connectivity index (χ4v) is 2.93. The zero-order valence-corrected chi connectivity index (χ0v) is 11.9. The van der Waals surface area contributed by atoms with Crippen molar-refractivity contribution in [3.63, 3.8) is 0 Å². The van der Waals surface area contributed by atoms with Gasteiger partial charge in [0.2, 0.25) is 5.91 Å². The highest BCUT2D eigenvalue weighted by Gasteiger charge is 2.36. The van der Waals surface area contributed by atoms with E-state index in [-0.39, 0.29) is 23.4 Å². The lowest BCUT2D eigenvalue weighted by molar-refractivity contribution is -0.384. The van der Waals surface area contributed by atoms with E-state index in [9.17, 15) is 14.9 Å². The molecule has 5 heteroatoms. The summed E-state index contributed by atoms with van der Waals surface area (Å²) in [5, 5.41) is 13.7. The molecular weight excluding hydrogens is 256 g/mol. The largest absolute Gasteiger partial charge is 0.325 e. The van der Waals surface area contributed by atoms with Crippen molar-refractivity contribution >= 4 is 17.3 Å². The first kappa shape index (κ1) is 14.5. The number of rotatable bonds is 6. The number of nitro groups is 1. The molecule has 1 aromatic rings. The van der Waals surface area contributed by atoms with Crippen molar-refractivity contribution in [1.29, 1.82) is 0 Å². The number of nitrogens with one attached hydrogen (secondary N) is 1. The maximum Gasteiger partial charge on any atom is 0.269 e.